The number of hydrogen-bond acceptors (Lipinski definition) is 2. The largest absolute Gasteiger partial charge is 0.480 e. The number of carboxylic acid groups (broad SMARTS) is 1. The van der Waals surface area contributed by atoms with Gasteiger partial charge in [-0.05, 0) is 25.0 Å². The lowest BCUT2D eigenvalue weighted by Crippen LogP contribution is -2.40. The van der Waals surface area contributed by atoms with Crippen LogP contribution in [0.3, 0.4) is 0 Å². The molecule has 1 amide bonds. The lowest BCUT2D eigenvalue weighted by Gasteiger charge is -2.26. The van der Waals surface area contributed by atoms with Crippen molar-refractivity contribution in [2.75, 3.05) is 11.4 Å². The number of amides is 1. The van der Waals surface area contributed by atoms with Crippen LogP contribution in [-0.4, -0.2) is 23.5 Å². The summed E-state index contributed by atoms with van der Waals surface area (Å²) in [5.41, 5.74) is 1.70. The van der Waals surface area contributed by atoms with Crippen molar-refractivity contribution in [2.45, 2.75) is 27.7 Å². The lowest BCUT2D eigenvalue weighted by atomic mass is 9.96. The number of nitrogens with zero attached hydrogens (tertiary/aromatic N) is 1. The van der Waals surface area contributed by atoms with Crippen LogP contribution in [0.15, 0.2) is 24.3 Å². The summed E-state index contributed by atoms with van der Waals surface area (Å²) in [5, 5.41) is 8.98. The summed E-state index contributed by atoms with van der Waals surface area (Å²) in [6.07, 6.45) is 0. The number of hydrogen-bond donors (Lipinski definition) is 1. The van der Waals surface area contributed by atoms with Crippen LogP contribution >= 0.6 is 0 Å². The molecule has 0 fully saturated rings. The SMILES string of the molecule is Cc1ccc(N(CC(=O)O)C(=O)C(C)C(C)C)cc1. The first-order valence-electron chi connectivity index (χ1n) is 6.42. The van der Waals surface area contributed by atoms with E-state index in [1.807, 2.05) is 39.8 Å². The van der Waals surface area contributed by atoms with Gasteiger partial charge in [0.15, 0.2) is 0 Å². The molecule has 0 aliphatic carbocycles. The third kappa shape index (κ3) is 4.09. The predicted molar refractivity (Wildman–Crippen MR) is 75.2 cm³/mol. The van der Waals surface area contributed by atoms with Crippen molar-refractivity contribution in [2.24, 2.45) is 11.8 Å². The Labute approximate surface area is 114 Å². The normalized spacial score (nSPS) is 12.3. The fourth-order valence-corrected chi connectivity index (χ4v) is 1.69. The first kappa shape index (κ1) is 15.2. The summed E-state index contributed by atoms with van der Waals surface area (Å²) >= 11 is 0. The number of rotatable bonds is 5. The first-order valence-corrected chi connectivity index (χ1v) is 6.42. The van der Waals surface area contributed by atoms with Crippen molar-refractivity contribution in [1.29, 1.82) is 0 Å². The van der Waals surface area contributed by atoms with Crippen molar-refractivity contribution in [1.82, 2.24) is 0 Å². The second kappa shape index (κ2) is 6.36. The van der Waals surface area contributed by atoms with E-state index in [1.54, 1.807) is 12.1 Å². The van der Waals surface area contributed by atoms with Gasteiger partial charge in [0.2, 0.25) is 5.91 Å². The Morgan fingerprint density at radius 2 is 1.68 bits per heavy atom. The highest BCUT2D eigenvalue weighted by Gasteiger charge is 2.25. The fourth-order valence-electron chi connectivity index (χ4n) is 1.69. The molecule has 1 atom stereocenters. The van der Waals surface area contributed by atoms with Gasteiger partial charge in [-0.3, -0.25) is 9.59 Å². The number of aryl methyl sites for hydroxylation is 1. The van der Waals surface area contributed by atoms with Crippen LogP contribution < -0.4 is 4.90 Å². The molecule has 0 aliphatic rings. The van der Waals surface area contributed by atoms with E-state index in [-0.39, 0.29) is 24.3 Å². The van der Waals surface area contributed by atoms with Gasteiger partial charge in [0.1, 0.15) is 6.54 Å². The van der Waals surface area contributed by atoms with Gasteiger partial charge in [-0.15, -0.1) is 0 Å². The molecule has 0 heterocycles. The molecule has 4 nitrogen and oxygen atoms in total. The smallest absolute Gasteiger partial charge is 0.323 e. The van der Waals surface area contributed by atoms with Gasteiger partial charge in [-0.1, -0.05) is 38.5 Å². The summed E-state index contributed by atoms with van der Waals surface area (Å²) in [6, 6.07) is 7.31. The molecule has 0 spiro atoms. The summed E-state index contributed by atoms with van der Waals surface area (Å²) in [5.74, 6) is -1.19. The highest BCUT2D eigenvalue weighted by atomic mass is 16.4. The molecule has 104 valence electrons. The highest BCUT2D eigenvalue weighted by Crippen LogP contribution is 2.20. The second-order valence-electron chi connectivity index (χ2n) is 5.19. The molecule has 19 heavy (non-hydrogen) atoms. The van der Waals surface area contributed by atoms with E-state index in [0.29, 0.717) is 5.69 Å². The van der Waals surface area contributed by atoms with Crippen molar-refractivity contribution >= 4 is 17.6 Å². The Morgan fingerprint density at radius 1 is 1.16 bits per heavy atom. The van der Waals surface area contributed by atoms with E-state index in [9.17, 15) is 9.59 Å². The van der Waals surface area contributed by atoms with Crippen molar-refractivity contribution in [3.8, 4) is 0 Å². The number of carboxylic acids is 1. The average molecular weight is 263 g/mol. The first-order chi connectivity index (χ1) is 8.82. The number of carbonyl (C=O) groups excluding carboxylic acids is 1. The van der Waals surface area contributed by atoms with Crippen LogP contribution in [0, 0.1) is 18.8 Å². The minimum absolute atomic E-state index is 0.152. The third-order valence-corrected chi connectivity index (χ3v) is 3.29. The van der Waals surface area contributed by atoms with Crippen molar-refractivity contribution in [3.05, 3.63) is 29.8 Å². The number of aliphatic carboxylic acids is 1. The molecule has 1 unspecified atom stereocenters. The van der Waals surface area contributed by atoms with E-state index in [2.05, 4.69) is 0 Å². The summed E-state index contributed by atoms with van der Waals surface area (Å²) in [4.78, 5) is 24.7. The predicted octanol–water partition coefficient (Wildman–Crippen LogP) is 2.70. The Bertz CT molecular complexity index is 451. The van der Waals surface area contributed by atoms with Gasteiger partial charge in [0.05, 0.1) is 0 Å². The topological polar surface area (TPSA) is 57.6 Å². The summed E-state index contributed by atoms with van der Waals surface area (Å²) < 4.78 is 0. The van der Waals surface area contributed by atoms with Gasteiger partial charge in [-0.2, -0.15) is 0 Å². The molecule has 4 heteroatoms. The Kier molecular flexibility index (Phi) is 5.10. The maximum absolute atomic E-state index is 12.4. The quantitative estimate of drug-likeness (QED) is 0.888. The Balaban J connectivity index is 3.04. The molecular weight excluding hydrogens is 242 g/mol. The Morgan fingerprint density at radius 3 is 2.11 bits per heavy atom. The number of carbonyl (C=O) groups is 2. The minimum Gasteiger partial charge on any atom is -0.480 e. The molecule has 0 saturated heterocycles. The van der Waals surface area contributed by atoms with Crippen LogP contribution in [-0.2, 0) is 9.59 Å². The molecule has 1 N–H and O–H groups in total. The maximum Gasteiger partial charge on any atom is 0.323 e. The van der Waals surface area contributed by atoms with Crippen molar-refractivity contribution in [3.63, 3.8) is 0 Å². The summed E-state index contributed by atoms with van der Waals surface area (Å²) in [6.45, 7) is 7.38. The summed E-state index contributed by atoms with van der Waals surface area (Å²) in [7, 11) is 0. The van der Waals surface area contributed by atoms with Crippen LogP contribution in [0.4, 0.5) is 5.69 Å². The highest BCUT2D eigenvalue weighted by molar-refractivity contribution is 5.98. The van der Waals surface area contributed by atoms with Gasteiger partial charge in [0, 0.05) is 11.6 Å². The molecule has 0 aliphatic heterocycles. The van der Waals surface area contributed by atoms with E-state index < -0.39 is 5.97 Å². The monoisotopic (exact) mass is 263 g/mol. The number of anilines is 1. The standard InChI is InChI=1S/C15H21NO3/c1-10(2)12(4)15(19)16(9-14(17)18)13-7-5-11(3)6-8-13/h5-8,10,12H,9H2,1-4H3,(H,17,18). The molecule has 1 rings (SSSR count). The van der Waals surface area contributed by atoms with Crippen LogP contribution in [0.2, 0.25) is 0 Å². The molecule has 0 saturated carbocycles. The van der Waals surface area contributed by atoms with Gasteiger partial charge in [-0.25, -0.2) is 0 Å². The second-order valence-corrected chi connectivity index (χ2v) is 5.19. The van der Waals surface area contributed by atoms with Gasteiger partial charge >= 0.3 is 5.97 Å². The molecule has 1 aromatic carbocycles. The van der Waals surface area contributed by atoms with Crippen LogP contribution in [0.1, 0.15) is 26.3 Å². The maximum atomic E-state index is 12.4. The number of benzene rings is 1. The molecule has 0 radical (unpaired) electrons. The lowest BCUT2D eigenvalue weighted by molar-refractivity contribution is -0.137. The van der Waals surface area contributed by atoms with E-state index in [1.165, 1.54) is 4.90 Å². The Hall–Kier alpha value is -1.84. The third-order valence-electron chi connectivity index (χ3n) is 3.29. The van der Waals surface area contributed by atoms with Gasteiger partial charge in [0.25, 0.3) is 0 Å². The average Bonchev–Trinajstić information content (AvgIpc) is 2.35. The molecular formula is C15H21NO3. The zero-order valence-corrected chi connectivity index (χ0v) is 11.9. The minimum atomic E-state index is -1.01. The van der Waals surface area contributed by atoms with E-state index in [4.69, 9.17) is 5.11 Å². The zero-order valence-electron chi connectivity index (χ0n) is 11.9. The van der Waals surface area contributed by atoms with E-state index in [0.717, 1.165) is 5.56 Å². The molecule has 0 aromatic heterocycles. The van der Waals surface area contributed by atoms with Crippen LogP contribution in [0.25, 0.3) is 0 Å². The molecule has 1 aromatic rings. The van der Waals surface area contributed by atoms with E-state index >= 15 is 0 Å². The zero-order chi connectivity index (χ0) is 14.6. The molecule has 0 bridgehead atoms. The fraction of sp³-hybridized carbons (Fsp3) is 0.467. The van der Waals surface area contributed by atoms with Gasteiger partial charge < -0.3 is 10.0 Å². The van der Waals surface area contributed by atoms with Crippen molar-refractivity contribution < 1.29 is 14.7 Å². The van der Waals surface area contributed by atoms with Crippen LogP contribution in [0.5, 0.6) is 0 Å².